The number of nitrogen functional groups attached to an aromatic ring is 1. The molecule has 0 fully saturated rings. The molecule has 0 spiro atoms. The Bertz CT molecular complexity index is 964. The number of anilines is 3. The highest BCUT2D eigenvalue weighted by Crippen LogP contribution is 2.31. The van der Waals surface area contributed by atoms with Crippen molar-refractivity contribution < 1.29 is 9.90 Å². The van der Waals surface area contributed by atoms with Crippen LogP contribution in [-0.4, -0.2) is 21.0 Å². The quantitative estimate of drug-likeness (QED) is 0.603. The summed E-state index contributed by atoms with van der Waals surface area (Å²) >= 11 is 6.18. The van der Waals surface area contributed by atoms with E-state index in [1.54, 1.807) is 30.5 Å². The first-order valence-electron chi connectivity index (χ1n) is 7.44. The Hall–Kier alpha value is -2.83. The van der Waals surface area contributed by atoms with Gasteiger partial charge < -0.3 is 16.2 Å². The van der Waals surface area contributed by atoms with Gasteiger partial charge in [0.15, 0.2) is 0 Å². The molecule has 0 saturated carbocycles. The number of carboxylic acids is 1. The molecule has 0 atom stereocenters. The summed E-state index contributed by atoms with van der Waals surface area (Å²) in [7, 11) is 0. The molecular formula is C18H16Cl2N4O2. The van der Waals surface area contributed by atoms with Gasteiger partial charge >= 0.3 is 5.97 Å². The van der Waals surface area contributed by atoms with Gasteiger partial charge in [-0.3, -0.25) is 0 Å². The number of benzene rings is 2. The number of aromatic carboxylic acids is 1. The molecule has 6 nitrogen and oxygen atoms in total. The zero-order valence-electron chi connectivity index (χ0n) is 13.7. The number of hydrogen-bond donors (Lipinski definition) is 3. The van der Waals surface area contributed by atoms with Crippen LogP contribution in [0.1, 0.15) is 15.9 Å². The minimum absolute atomic E-state index is 0. The van der Waals surface area contributed by atoms with Crippen LogP contribution in [0.4, 0.5) is 17.5 Å². The normalized spacial score (nSPS) is 10.1. The Morgan fingerprint density at radius 2 is 1.92 bits per heavy atom. The van der Waals surface area contributed by atoms with Crippen LogP contribution in [0, 0.1) is 6.92 Å². The van der Waals surface area contributed by atoms with E-state index >= 15 is 0 Å². The largest absolute Gasteiger partial charge is 0.478 e. The smallest absolute Gasteiger partial charge is 0.337 e. The van der Waals surface area contributed by atoms with Crippen LogP contribution in [0.25, 0.3) is 11.1 Å². The van der Waals surface area contributed by atoms with Crippen LogP contribution in [0.15, 0.2) is 48.7 Å². The summed E-state index contributed by atoms with van der Waals surface area (Å²) in [6.45, 7) is 1.82. The maximum Gasteiger partial charge on any atom is 0.337 e. The summed E-state index contributed by atoms with van der Waals surface area (Å²) in [5.74, 6) is -0.582. The second-order valence-corrected chi connectivity index (χ2v) is 5.86. The molecule has 0 aliphatic heterocycles. The van der Waals surface area contributed by atoms with Crippen molar-refractivity contribution in [2.45, 2.75) is 6.92 Å². The number of rotatable bonds is 4. The van der Waals surface area contributed by atoms with Gasteiger partial charge in [0.05, 0.1) is 11.3 Å². The predicted molar refractivity (Wildman–Crippen MR) is 106 cm³/mol. The van der Waals surface area contributed by atoms with Crippen molar-refractivity contribution in [3.63, 3.8) is 0 Å². The lowest BCUT2D eigenvalue weighted by Gasteiger charge is -2.11. The highest BCUT2D eigenvalue weighted by atomic mass is 35.5. The summed E-state index contributed by atoms with van der Waals surface area (Å²) in [6.07, 6.45) is 1.56. The summed E-state index contributed by atoms with van der Waals surface area (Å²) in [4.78, 5) is 19.8. The van der Waals surface area contributed by atoms with E-state index in [9.17, 15) is 9.90 Å². The number of carbonyl (C=O) groups is 1. The zero-order chi connectivity index (χ0) is 18.0. The minimum Gasteiger partial charge on any atom is -0.478 e. The third-order valence-electron chi connectivity index (χ3n) is 3.63. The van der Waals surface area contributed by atoms with Gasteiger partial charge in [-0.2, -0.15) is 4.98 Å². The molecule has 0 aliphatic rings. The van der Waals surface area contributed by atoms with Crippen LogP contribution in [0.2, 0.25) is 5.02 Å². The van der Waals surface area contributed by atoms with Crippen molar-refractivity contribution in [2.24, 2.45) is 0 Å². The molecular weight excluding hydrogens is 375 g/mol. The third kappa shape index (κ3) is 4.04. The number of halogens is 2. The Morgan fingerprint density at radius 3 is 2.58 bits per heavy atom. The molecule has 0 amide bonds. The van der Waals surface area contributed by atoms with Crippen LogP contribution < -0.4 is 11.1 Å². The van der Waals surface area contributed by atoms with Crippen LogP contribution in [-0.2, 0) is 0 Å². The summed E-state index contributed by atoms with van der Waals surface area (Å²) in [5, 5.41) is 12.8. The predicted octanol–water partition coefficient (Wildman–Crippen LogP) is 4.55. The summed E-state index contributed by atoms with van der Waals surface area (Å²) in [5.41, 5.74) is 8.75. The fourth-order valence-corrected chi connectivity index (χ4v) is 2.64. The standard InChI is InChI=1S/C18H15ClN4O2.ClH/c1-10-6-7-15(12(8-10)17(24)25)22-18-21-9-13(16(20)23-18)11-4-2-3-5-14(11)19;/h2-9H,1H3,(H,24,25)(H3,20,21,22,23);1H. The van der Waals surface area contributed by atoms with Gasteiger partial charge in [-0.05, 0) is 25.1 Å². The number of nitrogens with two attached hydrogens (primary N) is 1. The van der Waals surface area contributed by atoms with E-state index in [1.807, 2.05) is 25.1 Å². The highest BCUT2D eigenvalue weighted by molar-refractivity contribution is 6.33. The molecule has 1 heterocycles. The lowest BCUT2D eigenvalue weighted by molar-refractivity contribution is 0.0698. The molecule has 0 saturated heterocycles. The number of aryl methyl sites for hydroxylation is 1. The van der Waals surface area contributed by atoms with Crippen molar-refractivity contribution in [3.05, 3.63) is 64.8 Å². The molecule has 3 rings (SSSR count). The van der Waals surface area contributed by atoms with Crippen molar-refractivity contribution in [1.82, 2.24) is 9.97 Å². The van der Waals surface area contributed by atoms with Gasteiger partial charge in [0, 0.05) is 22.3 Å². The minimum atomic E-state index is -1.04. The highest BCUT2D eigenvalue weighted by Gasteiger charge is 2.13. The molecule has 8 heteroatoms. The van der Waals surface area contributed by atoms with Crippen LogP contribution in [0.3, 0.4) is 0 Å². The molecule has 2 aromatic carbocycles. The average molecular weight is 391 g/mol. The first kappa shape index (κ1) is 19.5. The van der Waals surface area contributed by atoms with Gasteiger partial charge in [0.2, 0.25) is 5.95 Å². The molecule has 134 valence electrons. The Kier molecular flexibility index (Phi) is 6.02. The van der Waals surface area contributed by atoms with Crippen molar-refractivity contribution in [1.29, 1.82) is 0 Å². The van der Waals surface area contributed by atoms with E-state index in [1.165, 1.54) is 0 Å². The fourth-order valence-electron chi connectivity index (χ4n) is 2.41. The topological polar surface area (TPSA) is 101 Å². The SMILES string of the molecule is Cc1ccc(Nc2ncc(-c3ccccc3Cl)c(N)n2)c(C(=O)O)c1.Cl. The van der Waals surface area contributed by atoms with E-state index in [0.717, 1.165) is 11.1 Å². The molecule has 26 heavy (non-hydrogen) atoms. The molecule has 4 N–H and O–H groups in total. The summed E-state index contributed by atoms with van der Waals surface area (Å²) < 4.78 is 0. The second-order valence-electron chi connectivity index (χ2n) is 5.45. The molecule has 0 aliphatic carbocycles. The molecule has 0 bridgehead atoms. The van der Waals surface area contributed by atoms with E-state index in [0.29, 0.717) is 16.3 Å². The fraction of sp³-hybridized carbons (Fsp3) is 0.0556. The van der Waals surface area contributed by atoms with E-state index in [4.69, 9.17) is 17.3 Å². The van der Waals surface area contributed by atoms with Crippen LogP contribution >= 0.6 is 24.0 Å². The number of aromatic nitrogens is 2. The Labute approximate surface area is 161 Å². The number of nitrogens with zero attached hydrogens (tertiary/aromatic N) is 2. The molecule has 0 unspecified atom stereocenters. The maximum absolute atomic E-state index is 11.4. The number of nitrogens with one attached hydrogen (secondary N) is 1. The number of hydrogen-bond acceptors (Lipinski definition) is 5. The Morgan fingerprint density at radius 1 is 1.19 bits per heavy atom. The first-order valence-corrected chi connectivity index (χ1v) is 7.82. The van der Waals surface area contributed by atoms with Crippen molar-refractivity contribution in [3.8, 4) is 11.1 Å². The average Bonchev–Trinajstić information content (AvgIpc) is 2.57. The lowest BCUT2D eigenvalue weighted by atomic mass is 10.1. The molecule has 3 aromatic rings. The summed E-state index contributed by atoms with van der Waals surface area (Å²) in [6, 6.07) is 12.3. The van der Waals surface area contributed by atoms with E-state index < -0.39 is 5.97 Å². The van der Waals surface area contributed by atoms with E-state index in [2.05, 4.69) is 15.3 Å². The molecule has 0 radical (unpaired) electrons. The van der Waals surface area contributed by atoms with Crippen molar-refractivity contribution >= 4 is 47.4 Å². The number of carboxylic acid groups (broad SMARTS) is 1. The maximum atomic E-state index is 11.4. The third-order valence-corrected chi connectivity index (χ3v) is 3.96. The first-order chi connectivity index (χ1) is 12.0. The zero-order valence-corrected chi connectivity index (χ0v) is 15.3. The Balaban J connectivity index is 0.00000243. The van der Waals surface area contributed by atoms with Crippen molar-refractivity contribution in [2.75, 3.05) is 11.1 Å². The van der Waals surface area contributed by atoms with E-state index in [-0.39, 0.29) is 29.7 Å². The second kappa shape index (κ2) is 8.03. The van der Waals surface area contributed by atoms with Crippen LogP contribution in [0.5, 0.6) is 0 Å². The van der Waals surface area contributed by atoms with Gasteiger partial charge in [0.1, 0.15) is 5.82 Å². The van der Waals surface area contributed by atoms with Gasteiger partial charge in [-0.25, -0.2) is 9.78 Å². The molecule has 1 aromatic heterocycles. The monoisotopic (exact) mass is 390 g/mol. The van der Waals surface area contributed by atoms with Gasteiger partial charge in [-0.15, -0.1) is 12.4 Å². The van der Waals surface area contributed by atoms with Gasteiger partial charge in [0.25, 0.3) is 0 Å². The lowest BCUT2D eigenvalue weighted by Crippen LogP contribution is -2.06. The van der Waals surface area contributed by atoms with Gasteiger partial charge in [-0.1, -0.05) is 41.4 Å².